The second-order valence-electron chi connectivity index (χ2n) is 3.72. The zero-order valence-electron chi connectivity index (χ0n) is 9.28. The van der Waals surface area contributed by atoms with E-state index in [1.807, 2.05) is 0 Å². The molecule has 0 aliphatic heterocycles. The molecule has 0 saturated heterocycles. The molecule has 3 N–H and O–H groups in total. The number of nitrogens with one attached hydrogen (secondary N) is 1. The molecule has 0 aliphatic rings. The van der Waals surface area contributed by atoms with E-state index < -0.39 is 23.3 Å². The zero-order valence-corrected chi connectivity index (χ0v) is 10.9. The fraction of sp³-hybridized carbons (Fsp3) is 0. The standard InChI is InChI=1S/C12H7BrF4N2/c13-6-3-10(8(16)4-7(6)15)19-11-2-5(14)1-9(17)12(11)18/h1-4,19H,18H2. The molecule has 0 fully saturated rings. The van der Waals surface area contributed by atoms with Gasteiger partial charge in [-0.05, 0) is 28.1 Å². The molecular weight excluding hydrogens is 328 g/mol. The molecule has 0 saturated carbocycles. The molecule has 0 aromatic heterocycles. The number of halogens is 5. The van der Waals surface area contributed by atoms with Crippen LogP contribution in [0.2, 0.25) is 0 Å². The molecule has 0 unspecified atom stereocenters. The lowest BCUT2D eigenvalue weighted by Gasteiger charge is -2.11. The van der Waals surface area contributed by atoms with Crippen molar-refractivity contribution in [3.63, 3.8) is 0 Å². The summed E-state index contributed by atoms with van der Waals surface area (Å²) < 4.78 is 52.8. The molecule has 2 aromatic carbocycles. The van der Waals surface area contributed by atoms with E-state index in [2.05, 4.69) is 21.2 Å². The van der Waals surface area contributed by atoms with E-state index in [1.165, 1.54) is 0 Å². The first-order valence-electron chi connectivity index (χ1n) is 5.04. The van der Waals surface area contributed by atoms with Gasteiger partial charge in [-0.3, -0.25) is 0 Å². The lowest BCUT2D eigenvalue weighted by Crippen LogP contribution is -2.02. The van der Waals surface area contributed by atoms with Gasteiger partial charge < -0.3 is 11.1 Å². The van der Waals surface area contributed by atoms with E-state index in [0.717, 1.165) is 12.1 Å². The normalized spacial score (nSPS) is 10.6. The molecule has 100 valence electrons. The summed E-state index contributed by atoms with van der Waals surface area (Å²) in [6, 6.07) is 3.26. The number of hydrogen-bond donors (Lipinski definition) is 2. The van der Waals surface area contributed by atoms with Gasteiger partial charge in [0.2, 0.25) is 0 Å². The van der Waals surface area contributed by atoms with Crippen molar-refractivity contribution in [3.05, 3.63) is 52.0 Å². The van der Waals surface area contributed by atoms with Crippen molar-refractivity contribution >= 4 is 33.0 Å². The smallest absolute Gasteiger partial charge is 0.151 e. The highest BCUT2D eigenvalue weighted by atomic mass is 79.9. The van der Waals surface area contributed by atoms with Crippen LogP contribution in [0.3, 0.4) is 0 Å². The van der Waals surface area contributed by atoms with Gasteiger partial charge in [0, 0.05) is 12.1 Å². The molecule has 7 heteroatoms. The number of rotatable bonds is 2. The van der Waals surface area contributed by atoms with Crippen LogP contribution in [-0.2, 0) is 0 Å². The van der Waals surface area contributed by atoms with Crippen molar-refractivity contribution in [3.8, 4) is 0 Å². The molecule has 0 heterocycles. The van der Waals surface area contributed by atoms with Gasteiger partial charge >= 0.3 is 0 Å². The maximum atomic E-state index is 13.5. The van der Waals surface area contributed by atoms with Gasteiger partial charge in [0.15, 0.2) is 5.82 Å². The monoisotopic (exact) mass is 334 g/mol. The van der Waals surface area contributed by atoms with Gasteiger partial charge in [-0.15, -0.1) is 0 Å². The van der Waals surface area contributed by atoms with Gasteiger partial charge in [0.05, 0.1) is 21.5 Å². The summed E-state index contributed by atoms with van der Waals surface area (Å²) in [6.45, 7) is 0. The Kier molecular flexibility index (Phi) is 3.66. The number of hydrogen-bond acceptors (Lipinski definition) is 2. The van der Waals surface area contributed by atoms with Crippen LogP contribution in [-0.4, -0.2) is 0 Å². The summed E-state index contributed by atoms with van der Waals surface area (Å²) in [6.07, 6.45) is 0. The average Bonchev–Trinajstić information content (AvgIpc) is 2.32. The fourth-order valence-electron chi connectivity index (χ4n) is 1.45. The quantitative estimate of drug-likeness (QED) is 0.487. The van der Waals surface area contributed by atoms with Crippen molar-refractivity contribution < 1.29 is 17.6 Å². The van der Waals surface area contributed by atoms with E-state index in [1.54, 1.807) is 0 Å². The Bertz CT molecular complexity index is 646. The maximum Gasteiger partial charge on any atom is 0.151 e. The van der Waals surface area contributed by atoms with E-state index in [0.29, 0.717) is 12.1 Å². The Hall–Kier alpha value is -1.76. The number of anilines is 3. The number of nitrogens with two attached hydrogens (primary N) is 1. The summed E-state index contributed by atoms with van der Waals surface area (Å²) in [5, 5.41) is 2.41. The van der Waals surface area contributed by atoms with Crippen LogP contribution in [0.1, 0.15) is 0 Å². The van der Waals surface area contributed by atoms with Crippen LogP contribution in [0.5, 0.6) is 0 Å². The topological polar surface area (TPSA) is 38.0 Å². The molecule has 19 heavy (non-hydrogen) atoms. The van der Waals surface area contributed by atoms with E-state index >= 15 is 0 Å². The first kappa shape index (κ1) is 13.7. The van der Waals surface area contributed by atoms with E-state index in [9.17, 15) is 17.6 Å². The Morgan fingerprint density at radius 3 is 2.21 bits per heavy atom. The Morgan fingerprint density at radius 1 is 0.842 bits per heavy atom. The molecule has 0 radical (unpaired) electrons. The van der Waals surface area contributed by atoms with Gasteiger partial charge in [-0.25, -0.2) is 17.6 Å². The van der Waals surface area contributed by atoms with Crippen LogP contribution in [0.4, 0.5) is 34.6 Å². The predicted octanol–water partition coefficient (Wildman–Crippen LogP) is 4.33. The average molecular weight is 335 g/mol. The summed E-state index contributed by atoms with van der Waals surface area (Å²) >= 11 is 2.88. The third kappa shape index (κ3) is 2.81. The van der Waals surface area contributed by atoms with Crippen LogP contribution in [0, 0.1) is 23.3 Å². The molecule has 0 bridgehead atoms. The summed E-state index contributed by atoms with van der Waals surface area (Å²) in [4.78, 5) is 0. The Labute approximate surface area is 114 Å². The second kappa shape index (κ2) is 5.08. The van der Waals surface area contributed by atoms with Gasteiger partial charge in [-0.1, -0.05) is 0 Å². The summed E-state index contributed by atoms with van der Waals surface area (Å²) in [7, 11) is 0. The van der Waals surface area contributed by atoms with Gasteiger partial charge in [0.25, 0.3) is 0 Å². The third-order valence-corrected chi connectivity index (χ3v) is 2.98. The number of benzene rings is 2. The molecule has 0 atom stereocenters. The minimum absolute atomic E-state index is 0.00634. The SMILES string of the molecule is Nc1c(F)cc(F)cc1Nc1cc(Br)c(F)cc1F. The highest BCUT2D eigenvalue weighted by Crippen LogP contribution is 2.30. The minimum atomic E-state index is -0.968. The molecule has 2 aromatic rings. The first-order chi connectivity index (χ1) is 8.88. The minimum Gasteiger partial charge on any atom is -0.395 e. The van der Waals surface area contributed by atoms with Crippen LogP contribution in [0.15, 0.2) is 28.7 Å². The van der Waals surface area contributed by atoms with Crippen LogP contribution < -0.4 is 11.1 Å². The molecule has 0 spiro atoms. The van der Waals surface area contributed by atoms with E-state index in [-0.39, 0.29) is 21.5 Å². The van der Waals surface area contributed by atoms with Crippen LogP contribution >= 0.6 is 15.9 Å². The van der Waals surface area contributed by atoms with Crippen molar-refractivity contribution in [2.24, 2.45) is 0 Å². The van der Waals surface area contributed by atoms with E-state index in [4.69, 9.17) is 5.73 Å². The highest BCUT2D eigenvalue weighted by molar-refractivity contribution is 9.10. The van der Waals surface area contributed by atoms with Crippen molar-refractivity contribution in [2.75, 3.05) is 11.1 Å². The lowest BCUT2D eigenvalue weighted by atomic mass is 10.2. The molecule has 0 aliphatic carbocycles. The fourth-order valence-corrected chi connectivity index (χ4v) is 1.80. The van der Waals surface area contributed by atoms with Gasteiger partial charge in [0.1, 0.15) is 17.5 Å². The summed E-state index contributed by atoms with van der Waals surface area (Å²) in [5.41, 5.74) is 4.74. The second-order valence-corrected chi connectivity index (χ2v) is 4.57. The zero-order chi connectivity index (χ0) is 14.2. The molecule has 2 rings (SSSR count). The van der Waals surface area contributed by atoms with Crippen molar-refractivity contribution in [1.82, 2.24) is 0 Å². The maximum absolute atomic E-state index is 13.5. The molecular formula is C12H7BrF4N2. The Morgan fingerprint density at radius 2 is 1.53 bits per heavy atom. The Balaban J connectivity index is 2.44. The summed E-state index contributed by atoms with van der Waals surface area (Å²) in [5.74, 6) is -3.54. The first-order valence-corrected chi connectivity index (χ1v) is 5.84. The number of nitrogen functional groups attached to an aromatic ring is 1. The molecule has 2 nitrogen and oxygen atoms in total. The van der Waals surface area contributed by atoms with Crippen molar-refractivity contribution in [1.29, 1.82) is 0 Å². The lowest BCUT2D eigenvalue weighted by molar-refractivity contribution is 0.580. The van der Waals surface area contributed by atoms with Crippen LogP contribution in [0.25, 0.3) is 0 Å². The largest absolute Gasteiger partial charge is 0.395 e. The third-order valence-electron chi connectivity index (χ3n) is 2.37. The highest BCUT2D eigenvalue weighted by Gasteiger charge is 2.12. The molecule has 0 amide bonds. The van der Waals surface area contributed by atoms with Crippen molar-refractivity contribution in [2.45, 2.75) is 0 Å². The van der Waals surface area contributed by atoms with Gasteiger partial charge in [-0.2, -0.15) is 0 Å². The predicted molar refractivity (Wildman–Crippen MR) is 68.1 cm³/mol.